The Morgan fingerprint density at radius 1 is 1.32 bits per heavy atom. The zero-order valence-corrected chi connectivity index (χ0v) is 13.6. The van der Waals surface area contributed by atoms with Crippen molar-refractivity contribution in [1.29, 1.82) is 0 Å². The van der Waals surface area contributed by atoms with Crippen LogP contribution in [0, 0.1) is 6.92 Å². The van der Waals surface area contributed by atoms with Crippen LogP contribution in [0.5, 0.6) is 0 Å². The Morgan fingerprint density at radius 2 is 2.18 bits per heavy atom. The van der Waals surface area contributed by atoms with E-state index >= 15 is 0 Å². The number of piperidine rings is 1. The Kier molecular flexibility index (Phi) is 3.48. The van der Waals surface area contributed by atoms with Gasteiger partial charge in [0.1, 0.15) is 4.88 Å². The number of rotatable bonds is 3. The van der Waals surface area contributed by atoms with Crippen molar-refractivity contribution in [3.8, 4) is 0 Å². The van der Waals surface area contributed by atoms with Crippen LogP contribution in [-0.2, 0) is 0 Å². The lowest BCUT2D eigenvalue weighted by Gasteiger charge is -2.32. The van der Waals surface area contributed by atoms with Crippen molar-refractivity contribution < 1.29 is 4.79 Å². The molecule has 1 amide bonds. The first-order valence-electron chi connectivity index (χ1n) is 7.96. The van der Waals surface area contributed by atoms with E-state index in [9.17, 15) is 4.79 Å². The van der Waals surface area contributed by atoms with Gasteiger partial charge in [-0.15, -0.1) is 11.3 Å². The summed E-state index contributed by atoms with van der Waals surface area (Å²) in [5.74, 6) is 0.755. The summed E-state index contributed by atoms with van der Waals surface area (Å²) in [6, 6.07) is 0.294. The fraction of sp³-hybridized carbons (Fsp3) is 0.562. The molecule has 0 aromatic carbocycles. The largest absolute Gasteiger partial charge is 0.336 e. The highest BCUT2D eigenvalue weighted by Gasteiger charge is 2.30. The molecule has 1 aliphatic heterocycles. The zero-order valence-electron chi connectivity index (χ0n) is 12.7. The van der Waals surface area contributed by atoms with E-state index in [1.165, 1.54) is 18.4 Å². The lowest BCUT2D eigenvalue weighted by Crippen LogP contribution is -2.40. The predicted molar refractivity (Wildman–Crippen MR) is 85.2 cm³/mol. The van der Waals surface area contributed by atoms with E-state index in [2.05, 4.69) is 16.3 Å². The number of thiazole rings is 1. The summed E-state index contributed by atoms with van der Waals surface area (Å²) < 4.78 is 2.01. The van der Waals surface area contributed by atoms with Gasteiger partial charge in [-0.3, -0.25) is 9.48 Å². The molecule has 0 bridgehead atoms. The molecule has 1 atom stereocenters. The highest BCUT2D eigenvalue weighted by molar-refractivity contribution is 7.13. The van der Waals surface area contributed by atoms with Gasteiger partial charge in [-0.1, -0.05) is 0 Å². The molecule has 2 fully saturated rings. The molecule has 5 nitrogen and oxygen atoms in total. The minimum Gasteiger partial charge on any atom is -0.336 e. The minimum absolute atomic E-state index is 0.137. The average Bonchev–Trinajstić information content (AvgIpc) is 3.10. The van der Waals surface area contributed by atoms with Crippen LogP contribution in [0.2, 0.25) is 0 Å². The third kappa shape index (κ3) is 2.67. The Bertz CT molecular complexity index is 688. The highest BCUT2D eigenvalue weighted by Crippen LogP contribution is 2.42. The van der Waals surface area contributed by atoms with E-state index in [0.717, 1.165) is 35.8 Å². The first kappa shape index (κ1) is 13.9. The number of nitrogens with zero attached hydrogens (tertiary/aromatic N) is 4. The van der Waals surface area contributed by atoms with Crippen LogP contribution >= 0.6 is 11.3 Å². The number of hydrogen-bond donors (Lipinski definition) is 0. The van der Waals surface area contributed by atoms with Crippen molar-refractivity contribution in [1.82, 2.24) is 19.7 Å². The zero-order chi connectivity index (χ0) is 15.1. The van der Waals surface area contributed by atoms with Gasteiger partial charge in [-0.25, -0.2) is 4.98 Å². The number of carbonyl (C=O) groups is 1. The monoisotopic (exact) mass is 316 g/mol. The van der Waals surface area contributed by atoms with Crippen molar-refractivity contribution in [2.24, 2.45) is 0 Å². The van der Waals surface area contributed by atoms with Gasteiger partial charge >= 0.3 is 0 Å². The number of aromatic nitrogens is 3. The summed E-state index contributed by atoms with van der Waals surface area (Å²) >= 11 is 1.58. The van der Waals surface area contributed by atoms with Crippen LogP contribution < -0.4 is 0 Å². The second-order valence-corrected chi connectivity index (χ2v) is 7.44. The molecule has 0 unspecified atom stereocenters. The van der Waals surface area contributed by atoms with Gasteiger partial charge in [-0.2, -0.15) is 5.10 Å². The Balaban J connectivity index is 1.47. The molecular weight excluding hydrogens is 296 g/mol. The van der Waals surface area contributed by atoms with Crippen molar-refractivity contribution in [3.63, 3.8) is 0 Å². The first-order chi connectivity index (χ1) is 10.7. The molecule has 2 aliphatic rings. The first-order valence-corrected chi connectivity index (χ1v) is 8.78. The maximum absolute atomic E-state index is 12.7. The highest BCUT2D eigenvalue weighted by atomic mass is 32.1. The van der Waals surface area contributed by atoms with Gasteiger partial charge in [-0.05, 0) is 38.2 Å². The molecule has 6 heteroatoms. The molecule has 0 N–H and O–H groups in total. The summed E-state index contributed by atoms with van der Waals surface area (Å²) in [6.07, 6.45) is 10.3. The standard InChI is InChI=1S/C16H20N4OS/c1-11-7-18-20(9-11)13-3-2-6-19(10-13)16(21)14-8-17-15(22-14)12-4-5-12/h7-9,12-13H,2-6,10H2,1H3/t13-/m1/s1. The third-order valence-corrected chi connectivity index (χ3v) is 5.60. The van der Waals surface area contributed by atoms with E-state index in [-0.39, 0.29) is 5.91 Å². The van der Waals surface area contributed by atoms with Crippen LogP contribution in [0.4, 0.5) is 0 Å². The van der Waals surface area contributed by atoms with Crippen LogP contribution in [0.3, 0.4) is 0 Å². The van der Waals surface area contributed by atoms with E-state index < -0.39 is 0 Å². The van der Waals surface area contributed by atoms with Crippen molar-refractivity contribution in [2.45, 2.75) is 44.6 Å². The van der Waals surface area contributed by atoms with E-state index in [4.69, 9.17) is 0 Å². The summed E-state index contributed by atoms with van der Waals surface area (Å²) in [5.41, 5.74) is 1.17. The van der Waals surface area contributed by atoms with E-state index in [0.29, 0.717) is 12.0 Å². The third-order valence-electron chi connectivity index (χ3n) is 4.45. The summed E-state index contributed by atoms with van der Waals surface area (Å²) in [5, 5.41) is 5.55. The van der Waals surface area contributed by atoms with E-state index in [1.807, 2.05) is 22.7 Å². The van der Waals surface area contributed by atoms with Crippen LogP contribution in [0.25, 0.3) is 0 Å². The van der Waals surface area contributed by atoms with Gasteiger partial charge in [0.2, 0.25) is 0 Å². The molecule has 0 radical (unpaired) electrons. The minimum atomic E-state index is 0.137. The van der Waals surface area contributed by atoms with Crippen LogP contribution in [0.15, 0.2) is 18.6 Å². The van der Waals surface area contributed by atoms with Gasteiger partial charge in [0.05, 0.1) is 23.4 Å². The number of hydrogen-bond acceptors (Lipinski definition) is 4. The lowest BCUT2D eigenvalue weighted by molar-refractivity contribution is 0.0677. The van der Waals surface area contributed by atoms with Gasteiger partial charge < -0.3 is 4.90 Å². The Labute approximate surface area is 134 Å². The number of likely N-dealkylation sites (tertiary alicyclic amines) is 1. The summed E-state index contributed by atoms with van der Waals surface area (Å²) in [4.78, 5) is 19.9. The van der Waals surface area contributed by atoms with E-state index in [1.54, 1.807) is 17.5 Å². The quantitative estimate of drug-likeness (QED) is 0.874. The fourth-order valence-corrected chi connectivity index (χ4v) is 4.10. The molecule has 1 saturated heterocycles. The van der Waals surface area contributed by atoms with Gasteiger partial charge in [0.25, 0.3) is 5.91 Å². The molecule has 2 aromatic rings. The second-order valence-electron chi connectivity index (χ2n) is 6.38. The maximum atomic E-state index is 12.7. The Morgan fingerprint density at radius 3 is 2.91 bits per heavy atom. The van der Waals surface area contributed by atoms with Crippen LogP contribution in [0.1, 0.15) is 57.9 Å². The molecule has 2 aromatic heterocycles. The second kappa shape index (κ2) is 5.50. The lowest BCUT2D eigenvalue weighted by atomic mass is 10.1. The van der Waals surface area contributed by atoms with Gasteiger partial charge in [0.15, 0.2) is 0 Å². The van der Waals surface area contributed by atoms with Gasteiger partial charge in [0, 0.05) is 25.2 Å². The number of amides is 1. The maximum Gasteiger partial charge on any atom is 0.265 e. The normalized spacial score (nSPS) is 22.0. The molecule has 22 heavy (non-hydrogen) atoms. The molecule has 0 spiro atoms. The van der Waals surface area contributed by atoms with Crippen molar-refractivity contribution in [2.75, 3.05) is 13.1 Å². The summed E-state index contributed by atoms with van der Waals surface area (Å²) in [7, 11) is 0. The molecule has 116 valence electrons. The smallest absolute Gasteiger partial charge is 0.265 e. The molecule has 1 aliphatic carbocycles. The molecule has 3 heterocycles. The molecule has 4 rings (SSSR count). The molecule has 1 saturated carbocycles. The average molecular weight is 316 g/mol. The fourth-order valence-electron chi connectivity index (χ4n) is 3.05. The van der Waals surface area contributed by atoms with Crippen molar-refractivity contribution in [3.05, 3.63) is 34.0 Å². The summed E-state index contributed by atoms with van der Waals surface area (Å²) in [6.45, 7) is 3.63. The Hall–Kier alpha value is -1.69. The molecular formula is C16H20N4OS. The van der Waals surface area contributed by atoms with Crippen LogP contribution in [-0.4, -0.2) is 38.7 Å². The number of aryl methyl sites for hydroxylation is 1. The predicted octanol–water partition coefficient (Wildman–Crippen LogP) is 3.00. The number of carbonyl (C=O) groups excluding carboxylic acids is 1. The topological polar surface area (TPSA) is 51.0 Å². The SMILES string of the molecule is Cc1cnn([C@@H]2CCCN(C(=O)c3cnc(C4CC4)s3)C2)c1. The van der Waals surface area contributed by atoms with Crippen molar-refractivity contribution >= 4 is 17.2 Å².